The van der Waals surface area contributed by atoms with Crippen molar-refractivity contribution in [3.05, 3.63) is 0 Å². The van der Waals surface area contributed by atoms with Crippen LogP contribution in [0.5, 0.6) is 0 Å². The minimum atomic E-state index is -4.77. The first-order chi connectivity index (χ1) is 7.45. The maximum Gasteiger partial charge on any atom is 1.00 e. The molecule has 0 aliphatic heterocycles. The summed E-state index contributed by atoms with van der Waals surface area (Å²) in [5, 5.41) is 0. The van der Waals surface area contributed by atoms with Gasteiger partial charge in [-0.3, -0.25) is 0 Å². The third kappa shape index (κ3) is 21.7. The van der Waals surface area contributed by atoms with E-state index in [1.54, 1.807) is 0 Å². The molecule has 0 saturated carbocycles. The van der Waals surface area contributed by atoms with Crippen LogP contribution in [0.3, 0.4) is 0 Å². The molecule has 1 atom stereocenters. The van der Waals surface area contributed by atoms with Crippen molar-refractivity contribution < 1.29 is 122 Å². The van der Waals surface area contributed by atoms with Gasteiger partial charge < -0.3 is 18.9 Å². The molecular weight excluding hydrogens is 305 g/mol. The molecule has 18 heavy (non-hydrogen) atoms. The van der Waals surface area contributed by atoms with Crippen LogP contribution in [0.2, 0.25) is 0 Å². The van der Waals surface area contributed by atoms with Crippen molar-refractivity contribution in [2.75, 3.05) is 6.61 Å². The van der Waals surface area contributed by atoms with Crippen molar-refractivity contribution in [3.63, 3.8) is 0 Å². The molecule has 0 heterocycles. The average molecular weight is 328 g/mol. The van der Waals surface area contributed by atoms with Gasteiger partial charge in [0.1, 0.15) is 0 Å². The Morgan fingerprint density at radius 3 is 2.06 bits per heavy atom. The molecule has 0 aromatic heterocycles. The number of hydrogen-bond acceptors (Lipinski definition) is 4. The van der Waals surface area contributed by atoms with Crippen LogP contribution < -0.4 is 113 Å². The Morgan fingerprint density at radius 1 is 1.06 bits per heavy atom. The monoisotopic (exact) mass is 328 g/mol. The van der Waals surface area contributed by atoms with E-state index in [0.717, 1.165) is 12.8 Å². The number of phosphoric ester groups is 1. The van der Waals surface area contributed by atoms with Crippen molar-refractivity contribution in [1.29, 1.82) is 0 Å². The van der Waals surface area contributed by atoms with E-state index < -0.39 is 7.82 Å². The number of phosphoric acid groups is 1. The van der Waals surface area contributed by atoms with E-state index in [1.807, 2.05) is 6.92 Å². The van der Waals surface area contributed by atoms with Crippen LogP contribution in [-0.4, -0.2) is 6.61 Å². The molecule has 0 bridgehead atoms. The third-order valence-corrected chi connectivity index (χ3v) is 3.03. The topological polar surface area (TPSA) is 72.4 Å². The smallest absolute Gasteiger partial charge is 0.790 e. The zero-order chi connectivity index (χ0) is 12.4. The van der Waals surface area contributed by atoms with Gasteiger partial charge in [-0.1, -0.05) is 52.4 Å². The van der Waals surface area contributed by atoms with E-state index in [9.17, 15) is 14.4 Å². The molecular formula is C11H23K2O4P. The fraction of sp³-hybridized carbons (Fsp3) is 1.00. The predicted molar refractivity (Wildman–Crippen MR) is 60.7 cm³/mol. The van der Waals surface area contributed by atoms with Gasteiger partial charge in [-0.15, -0.1) is 0 Å². The Bertz CT molecular complexity index is 211. The maximum atomic E-state index is 10.2. The van der Waals surface area contributed by atoms with Crippen LogP contribution in [0.25, 0.3) is 0 Å². The zero-order valence-electron chi connectivity index (χ0n) is 12.3. The van der Waals surface area contributed by atoms with Crippen molar-refractivity contribution in [2.45, 2.75) is 58.8 Å². The average Bonchev–Trinajstić information content (AvgIpc) is 2.19. The molecule has 4 nitrogen and oxygen atoms in total. The molecule has 0 fully saturated rings. The summed E-state index contributed by atoms with van der Waals surface area (Å²) in [5.74, 6) is 0.141. The van der Waals surface area contributed by atoms with Crippen molar-refractivity contribution >= 4 is 7.82 Å². The normalized spacial score (nSPS) is 12.4. The Kier molecular flexibility index (Phi) is 24.5. The summed E-state index contributed by atoms with van der Waals surface area (Å²) in [5.41, 5.74) is 0. The van der Waals surface area contributed by atoms with Crippen LogP contribution >= 0.6 is 7.82 Å². The van der Waals surface area contributed by atoms with Gasteiger partial charge in [-0.25, -0.2) is 0 Å². The van der Waals surface area contributed by atoms with Crippen LogP contribution in [-0.2, 0) is 9.09 Å². The van der Waals surface area contributed by atoms with Crippen molar-refractivity contribution in [2.24, 2.45) is 5.92 Å². The van der Waals surface area contributed by atoms with Gasteiger partial charge in [0.2, 0.25) is 0 Å². The molecule has 0 aliphatic carbocycles. The second kappa shape index (κ2) is 16.7. The molecule has 0 spiro atoms. The summed E-state index contributed by atoms with van der Waals surface area (Å²) in [7, 11) is -4.77. The predicted octanol–water partition coefficient (Wildman–Crippen LogP) is -3.77. The van der Waals surface area contributed by atoms with Crippen LogP contribution in [0, 0.1) is 5.92 Å². The molecule has 98 valence electrons. The van der Waals surface area contributed by atoms with Crippen LogP contribution in [0.15, 0.2) is 0 Å². The number of unbranched alkanes of at least 4 members (excludes halogenated alkanes) is 5. The van der Waals surface area contributed by atoms with Gasteiger partial charge >= 0.3 is 103 Å². The van der Waals surface area contributed by atoms with Crippen LogP contribution in [0.1, 0.15) is 58.8 Å². The molecule has 7 heteroatoms. The van der Waals surface area contributed by atoms with Gasteiger partial charge in [-0.2, -0.15) is 0 Å². The SMILES string of the molecule is CCCCCCCCC(C)COP(=O)([O-])[O-].[K+].[K+]. The molecule has 0 radical (unpaired) electrons. The summed E-state index contributed by atoms with van der Waals surface area (Å²) < 4.78 is 14.5. The first kappa shape index (κ1) is 26.3. The molecule has 0 aliphatic rings. The quantitative estimate of drug-likeness (QED) is 0.234. The standard InChI is InChI=1S/C11H25O4P.2K/c1-3-4-5-6-7-8-9-11(2)10-15-16(12,13)14;;/h11H,3-10H2,1-2H3,(H2,12,13,14);;/q;2*+1/p-2. The fourth-order valence-electron chi connectivity index (χ4n) is 1.57. The van der Waals surface area contributed by atoms with Gasteiger partial charge in [0, 0.05) is 0 Å². The Morgan fingerprint density at radius 2 is 1.56 bits per heavy atom. The number of hydrogen-bond donors (Lipinski definition) is 0. The first-order valence-corrected chi connectivity index (χ1v) is 7.58. The second-order valence-corrected chi connectivity index (χ2v) is 5.56. The fourth-order valence-corrected chi connectivity index (χ4v) is 2.01. The minimum Gasteiger partial charge on any atom is -0.790 e. The molecule has 0 rings (SSSR count). The molecule has 0 aromatic carbocycles. The third-order valence-electron chi connectivity index (χ3n) is 2.57. The summed E-state index contributed by atoms with van der Waals surface area (Å²) in [6, 6.07) is 0. The minimum absolute atomic E-state index is 0. The summed E-state index contributed by atoms with van der Waals surface area (Å²) >= 11 is 0. The first-order valence-electron chi connectivity index (χ1n) is 6.12. The summed E-state index contributed by atoms with van der Waals surface area (Å²) in [6.45, 7) is 4.12. The maximum absolute atomic E-state index is 10.2. The molecule has 0 aromatic rings. The number of rotatable bonds is 10. The van der Waals surface area contributed by atoms with Gasteiger partial charge in [0.25, 0.3) is 0 Å². The summed E-state index contributed by atoms with van der Waals surface area (Å²) in [4.78, 5) is 20.5. The van der Waals surface area contributed by atoms with Gasteiger partial charge in [0.05, 0.1) is 14.4 Å². The molecule has 0 saturated heterocycles. The van der Waals surface area contributed by atoms with Crippen LogP contribution in [0.4, 0.5) is 0 Å². The molecule has 0 amide bonds. The van der Waals surface area contributed by atoms with E-state index in [0.29, 0.717) is 0 Å². The van der Waals surface area contributed by atoms with Gasteiger partial charge in [-0.05, 0) is 12.3 Å². The second-order valence-electron chi connectivity index (χ2n) is 4.40. The largest absolute Gasteiger partial charge is 1.00 e. The van der Waals surface area contributed by atoms with E-state index in [-0.39, 0.29) is 115 Å². The van der Waals surface area contributed by atoms with E-state index in [2.05, 4.69) is 11.4 Å². The van der Waals surface area contributed by atoms with Crippen molar-refractivity contribution in [3.8, 4) is 0 Å². The Hall–Kier alpha value is 3.38. The Balaban J connectivity index is -0.00000112. The van der Waals surface area contributed by atoms with Gasteiger partial charge in [0.15, 0.2) is 0 Å². The summed E-state index contributed by atoms with van der Waals surface area (Å²) in [6.07, 6.45) is 8.22. The van der Waals surface area contributed by atoms with E-state index in [1.165, 1.54) is 32.1 Å². The molecule has 1 unspecified atom stereocenters. The Labute approximate surface area is 196 Å². The van der Waals surface area contributed by atoms with E-state index >= 15 is 0 Å². The van der Waals surface area contributed by atoms with Crippen molar-refractivity contribution in [1.82, 2.24) is 0 Å². The molecule has 0 N–H and O–H groups in total. The zero-order valence-corrected chi connectivity index (χ0v) is 19.5. The van der Waals surface area contributed by atoms with E-state index in [4.69, 9.17) is 0 Å².